The Kier molecular flexibility index (Phi) is 4.91. The second kappa shape index (κ2) is 6.31. The highest BCUT2D eigenvalue weighted by molar-refractivity contribution is 5.68. The van der Waals surface area contributed by atoms with E-state index in [-0.39, 0.29) is 12.2 Å². The van der Waals surface area contributed by atoms with Crippen molar-refractivity contribution in [1.82, 2.24) is 10.2 Å². The molecule has 1 amide bonds. The van der Waals surface area contributed by atoms with Crippen molar-refractivity contribution < 1.29 is 14.6 Å². The summed E-state index contributed by atoms with van der Waals surface area (Å²) in [7, 11) is 0. The fourth-order valence-electron chi connectivity index (χ4n) is 3.19. The molecule has 5 heteroatoms. The lowest BCUT2D eigenvalue weighted by Crippen LogP contribution is -2.48. The average molecular weight is 284 g/mol. The molecular formula is C15H28N2O3. The molecule has 2 aliphatic heterocycles. The molecule has 2 saturated heterocycles. The maximum atomic E-state index is 12.0. The molecule has 0 radical (unpaired) electrons. The van der Waals surface area contributed by atoms with Crippen LogP contribution in [0.1, 0.15) is 40.0 Å². The number of amides is 1. The van der Waals surface area contributed by atoms with Crippen molar-refractivity contribution in [2.45, 2.75) is 51.7 Å². The van der Waals surface area contributed by atoms with Gasteiger partial charge in [0.05, 0.1) is 6.10 Å². The van der Waals surface area contributed by atoms with Gasteiger partial charge in [0.1, 0.15) is 5.60 Å². The summed E-state index contributed by atoms with van der Waals surface area (Å²) in [6.07, 6.45) is 2.37. The van der Waals surface area contributed by atoms with E-state index in [2.05, 4.69) is 5.32 Å². The molecule has 0 bridgehead atoms. The van der Waals surface area contributed by atoms with Gasteiger partial charge in [0.25, 0.3) is 0 Å². The van der Waals surface area contributed by atoms with Crippen molar-refractivity contribution in [3.8, 4) is 0 Å². The van der Waals surface area contributed by atoms with Gasteiger partial charge < -0.3 is 20.1 Å². The zero-order valence-electron chi connectivity index (χ0n) is 12.9. The van der Waals surface area contributed by atoms with Crippen LogP contribution in [0.15, 0.2) is 0 Å². The Labute approximate surface area is 121 Å². The van der Waals surface area contributed by atoms with Crippen LogP contribution >= 0.6 is 0 Å². The highest BCUT2D eigenvalue weighted by Crippen LogP contribution is 2.30. The molecule has 2 atom stereocenters. The van der Waals surface area contributed by atoms with Crippen molar-refractivity contribution in [2.24, 2.45) is 11.8 Å². The number of carbonyl (C=O) groups excluding carboxylic acids is 1. The summed E-state index contributed by atoms with van der Waals surface area (Å²) >= 11 is 0. The van der Waals surface area contributed by atoms with Gasteiger partial charge in [-0.3, -0.25) is 0 Å². The lowest BCUT2D eigenvalue weighted by Gasteiger charge is -2.40. The van der Waals surface area contributed by atoms with Crippen LogP contribution in [0.2, 0.25) is 0 Å². The largest absolute Gasteiger partial charge is 0.444 e. The molecule has 5 nitrogen and oxygen atoms in total. The molecule has 20 heavy (non-hydrogen) atoms. The molecule has 0 aromatic heterocycles. The van der Waals surface area contributed by atoms with Gasteiger partial charge in [-0.05, 0) is 52.5 Å². The molecule has 116 valence electrons. The zero-order valence-corrected chi connectivity index (χ0v) is 12.9. The Morgan fingerprint density at radius 2 is 1.90 bits per heavy atom. The maximum absolute atomic E-state index is 12.0. The topological polar surface area (TPSA) is 61.8 Å². The molecule has 2 fully saturated rings. The van der Waals surface area contributed by atoms with Gasteiger partial charge in [0.15, 0.2) is 0 Å². The maximum Gasteiger partial charge on any atom is 0.410 e. The molecule has 0 spiro atoms. The number of nitrogens with one attached hydrogen (secondary N) is 1. The van der Waals surface area contributed by atoms with E-state index < -0.39 is 5.60 Å². The predicted molar refractivity (Wildman–Crippen MR) is 77.5 cm³/mol. The number of piperidine rings is 2. The van der Waals surface area contributed by atoms with E-state index in [1.165, 1.54) is 0 Å². The van der Waals surface area contributed by atoms with Crippen molar-refractivity contribution in [3.05, 3.63) is 0 Å². The van der Waals surface area contributed by atoms with E-state index in [0.29, 0.717) is 11.8 Å². The molecule has 2 unspecified atom stereocenters. The lowest BCUT2D eigenvalue weighted by atomic mass is 9.78. The third-order valence-corrected chi connectivity index (χ3v) is 4.29. The van der Waals surface area contributed by atoms with E-state index in [1.807, 2.05) is 20.8 Å². The molecule has 2 aliphatic rings. The van der Waals surface area contributed by atoms with Crippen LogP contribution in [0.3, 0.4) is 0 Å². The smallest absolute Gasteiger partial charge is 0.410 e. The minimum atomic E-state index is -0.433. The quantitative estimate of drug-likeness (QED) is 0.768. The first-order chi connectivity index (χ1) is 9.37. The first kappa shape index (κ1) is 15.6. The van der Waals surface area contributed by atoms with Crippen LogP contribution in [-0.4, -0.2) is 54.0 Å². The minimum absolute atomic E-state index is 0.186. The SMILES string of the molecule is CC(C)(C)OC(=O)N1CCC(C2CNCCC2O)CC1. The van der Waals surface area contributed by atoms with E-state index in [4.69, 9.17) is 4.74 Å². The van der Waals surface area contributed by atoms with Crippen LogP contribution in [0.4, 0.5) is 4.79 Å². The number of hydrogen-bond donors (Lipinski definition) is 2. The lowest BCUT2D eigenvalue weighted by molar-refractivity contribution is 0.00158. The van der Waals surface area contributed by atoms with Crippen molar-refractivity contribution >= 4 is 6.09 Å². The van der Waals surface area contributed by atoms with Crippen molar-refractivity contribution in [1.29, 1.82) is 0 Å². The normalized spacial score (nSPS) is 29.3. The number of hydrogen-bond acceptors (Lipinski definition) is 4. The number of likely N-dealkylation sites (tertiary alicyclic amines) is 1. The van der Waals surface area contributed by atoms with Crippen molar-refractivity contribution in [2.75, 3.05) is 26.2 Å². The van der Waals surface area contributed by atoms with Crippen LogP contribution < -0.4 is 5.32 Å². The van der Waals surface area contributed by atoms with Gasteiger partial charge in [-0.15, -0.1) is 0 Å². The highest BCUT2D eigenvalue weighted by Gasteiger charge is 2.34. The molecule has 0 saturated carbocycles. The van der Waals surface area contributed by atoms with Crippen LogP contribution in [0.5, 0.6) is 0 Å². The number of aliphatic hydroxyl groups excluding tert-OH is 1. The Bertz CT molecular complexity index is 333. The molecule has 2 rings (SSSR count). The van der Waals surface area contributed by atoms with E-state index in [9.17, 15) is 9.90 Å². The Morgan fingerprint density at radius 3 is 2.45 bits per heavy atom. The fourth-order valence-corrected chi connectivity index (χ4v) is 3.19. The van der Waals surface area contributed by atoms with E-state index >= 15 is 0 Å². The summed E-state index contributed by atoms with van der Waals surface area (Å²) in [4.78, 5) is 13.8. The highest BCUT2D eigenvalue weighted by atomic mass is 16.6. The standard InChI is InChI=1S/C15H28N2O3/c1-15(2,3)20-14(19)17-8-5-11(6-9-17)12-10-16-7-4-13(12)18/h11-13,16,18H,4-10H2,1-3H3. The summed E-state index contributed by atoms with van der Waals surface area (Å²) in [6.45, 7) is 8.96. The summed E-state index contributed by atoms with van der Waals surface area (Å²) < 4.78 is 5.40. The van der Waals surface area contributed by atoms with Crippen LogP contribution in [-0.2, 0) is 4.74 Å². The Hall–Kier alpha value is -0.810. The Balaban J connectivity index is 1.81. The third-order valence-electron chi connectivity index (χ3n) is 4.29. The third kappa shape index (κ3) is 4.09. The molecule has 2 heterocycles. The van der Waals surface area contributed by atoms with Gasteiger partial charge in [-0.2, -0.15) is 0 Å². The van der Waals surface area contributed by atoms with E-state index in [0.717, 1.165) is 45.4 Å². The predicted octanol–water partition coefficient (Wildman–Crippen LogP) is 1.60. The molecule has 0 aromatic rings. The Morgan fingerprint density at radius 1 is 1.25 bits per heavy atom. The molecular weight excluding hydrogens is 256 g/mol. The second-order valence-electron chi connectivity index (χ2n) is 7.03. The monoisotopic (exact) mass is 284 g/mol. The van der Waals surface area contributed by atoms with Crippen LogP contribution in [0.25, 0.3) is 0 Å². The number of rotatable bonds is 1. The summed E-state index contributed by atoms with van der Waals surface area (Å²) in [5.41, 5.74) is -0.433. The van der Waals surface area contributed by atoms with Gasteiger partial charge in [0.2, 0.25) is 0 Å². The van der Waals surface area contributed by atoms with Crippen LogP contribution in [0, 0.1) is 11.8 Å². The number of carbonyl (C=O) groups is 1. The summed E-state index contributed by atoms with van der Waals surface area (Å²) in [5, 5.41) is 13.5. The first-order valence-electron chi connectivity index (χ1n) is 7.73. The summed E-state index contributed by atoms with van der Waals surface area (Å²) in [6, 6.07) is 0. The van der Waals surface area contributed by atoms with E-state index in [1.54, 1.807) is 4.90 Å². The first-order valence-corrected chi connectivity index (χ1v) is 7.73. The van der Waals surface area contributed by atoms with Gasteiger partial charge in [-0.25, -0.2) is 4.79 Å². The number of ether oxygens (including phenoxy) is 1. The van der Waals surface area contributed by atoms with Gasteiger partial charge >= 0.3 is 6.09 Å². The number of nitrogens with zero attached hydrogens (tertiary/aromatic N) is 1. The number of aliphatic hydroxyl groups is 1. The minimum Gasteiger partial charge on any atom is -0.444 e. The molecule has 2 N–H and O–H groups in total. The van der Waals surface area contributed by atoms with Gasteiger partial charge in [0, 0.05) is 25.6 Å². The second-order valence-corrected chi connectivity index (χ2v) is 7.03. The van der Waals surface area contributed by atoms with Crippen molar-refractivity contribution in [3.63, 3.8) is 0 Å². The molecule has 0 aliphatic carbocycles. The van der Waals surface area contributed by atoms with Gasteiger partial charge in [-0.1, -0.05) is 0 Å². The molecule has 0 aromatic carbocycles. The summed E-state index contributed by atoms with van der Waals surface area (Å²) in [5.74, 6) is 0.848. The average Bonchev–Trinajstić information content (AvgIpc) is 2.37. The fraction of sp³-hybridized carbons (Fsp3) is 0.933. The zero-order chi connectivity index (χ0) is 14.8.